The maximum absolute atomic E-state index is 13.8. The van der Waals surface area contributed by atoms with Crippen LogP contribution in [0, 0.1) is 11.3 Å². The van der Waals surface area contributed by atoms with Gasteiger partial charge in [0, 0.05) is 74.7 Å². The molecule has 2 N–H and O–H groups in total. The molecule has 48 heavy (non-hydrogen) atoms. The molecule has 0 spiro atoms. The van der Waals surface area contributed by atoms with Gasteiger partial charge in [-0.25, -0.2) is 14.8 Å². The molecule has 1 aromatic carbocycles. The topological polar surface area (TPSA) is 141 Å². The molecule has 1 fully saturated rings. The van der Waals surface area contributed by atoms with Crippen molar-refractivity contribution in [3.8, 4) is 17.2 Å². The number of hydrogen-bond acceptors (Lipinski definition) is 9. The number of benzene rings is 1. The summed E-state index contributed by atoms with van der Waals surface area (Å²) in [4.78, 5) is 36.0. The Kier molecular flexibility index (Phi) is 8.91. The zero-order chi connectivity index (χ0) is 32.9. The first kappa shape index (κ1) is 30.8. The van der Waals surface area contributed by atoms with Crippen LogP contribution in [0.4, 0.5) is 22.4 Å². The molecule has 0 saturated heterocycles. The number of nitrogens with one attached hydrogen (secondary N) is 2. The van der Waals surface area contributed by atoms with Crippen LogP contribution >= 0.6 is 0 Å². The van der Waals surface area contributed by atoms with Gasteiger partial charge in [0.05, 0.1) is 12.4 Å². The number of pyridine rings is 2. The molecule has 0 bridgehead atoms. The number of hydrogen-bond donors (Lipinski definition) is 2. The van der Waals surface area contributed by atoms with Crippen LogP contribution in [0.1, 0.15) is 47.9 Å². The van der Waals surface area contributed by atoms with E-state index in [1.807, 2.05) is 72.9 Å². The van der Waals surface area contributed by atoms with Crippen LogP contribution in [-0.4, -0.2) is 54.4 Å². The van der Waals surface area contributed by atoms with Crippen molar-refractivity contribution in [1.29, 1.82) is 5.26 Å². The van der Waals surface area contributed by atoms with E-state index in [2.05, 4.69) is 36.7 Å². The third-order valence-corrected chi connectivity index (χ3v) is 9.14. The van der Waals surface area contributed by atoms with Gasteiger partial charge in [0.15, 0.2) is 5.82 Å². The van der Waals surface area contributed by atoms with E-state index in [1.54, 1.807) is 29.5 Å². The highest BCUT2D eigenvalue weighted by molar-refractivity contribution is 5.91. The lowest BCUT2D eigenvalue weighted by molar-refractivity contribution is 0.240. The van der Waals surface area contributed by atoms with Crippen molar-refractivity contribution in [1.82, 2.24) is 35.0 Å². The Morgan fingerprint density at radius 3 is 2.58 bits per heavy atom. The summed E-state index contributed by atoms with van der Waals surface area (Å²) in [5, 5.41) is 20.7. The van der Waals surface area contributed by atoms with Crippen LogP contribution in [0.25, 0.3) is 11.1 Å². The van der Waals surface area contributed by atoms with Gasteiger partial charge in [0.1, 0.15) is 17.5 Å². The van der Waals surface area contributed by atoms with E-state index in [4.69, 9.17) is 9.97 Å². The SMILES string of the molecule is Cn1cc(-c2ccc(N(C(=O)NCc3ccccc3)[C@H]3CC[C@H](Nc4ncc(C#N)c(N5CCc6cnccc6C5)n4)CC3)nc2)cn1. The third kappa shape index (κ3) is 6.80. The Labute approximate surface area is 279 Å². The lowest BCUT2D eigenvalue weighted by Crippen LogP contribution is -2.49. The number of rotatable bonds is 8. The molecule has 4 aromatic heterocycles. The van der Waals surface area contributed by atoms with Crippen molar-refractivity contribution >= 4 is 23.6 Å². The van der Waals surface area contributed by atoms with Crippen molar-refractivity contribution in [3.63, 3.8) is 0 Å². The molecule has 2 aliphatic rings. The van der Waals surface area contributed by atoms with Gasteiger partial charge in [-0.2, -0.15) is 15.3 Å². The molecular formula is C36H37N11O. The number of fused-ring (bicyclic) bond motifs is 1. The zero-order valence-electron chi connectivity index (χ0n) is 26.8. The summed E-state index contributed by atoms with van der Waals surface area (Å²) in [7, 11) is 1.88. The van der Waals surface area contributed by atoms with E-state index in [0.717, 1.165) is 55.3 Å². The number of urea groups is 1. The standard InChI is InChI=1S/C36H37N11O/c1-45-23-30(22-42-45)26-7-12-33(39-20-26)47(36(48)41-18-25-5-3-2-4-6-25)32-10-8-31(9-11-32)43-35-40-21-29(17-37)34(44-35)46-16-14-27-19-38-15-13-28(27)24-46/h2-7,12-13,15,19-23,31-32H,8-11,14,16,18,24H2,1H3,(H,41,48)(H,40,43,44)/t31-,32-. The van der Waals surface area contributed by atoms with E-state index >= 15 is 0 Å². The molecule has 12 nitrogen and oxygen atoms in total. The van der Waals surface area contributed by atoms with Gasteiger partial charge in [-0.05, 0) is 67.0 Å². The number of carbonyl (C=O) groups is 1. The zero-order valence-corrected chi connectivity index (χ0v) is 26.8. The number of aryl methyl sites for hydroxylation is 1. The van der Waals surface area contributed by atoms with Crippen molar-refractivity contribution in [3.05, 3.63) is 108 Å². The Bertz CT molecular complexity index is 1910. The molecule has 1 aliphatic carbocycles. The van der Waals surface area contributed by atoms with Crippen LogP contribution in [0.15, 0.2) is 85.7 Å². The maximum atomic E-state index is 13.8. The average molecular weight is 640 g/mol. The van der Waals surface area contributed by atoms with E-state index in [-0.39, 0.29) is 18.1 Å². The number of anilines is 3. The molecule has 242 valence electrons. The first-order valence-corrected chi connectivity index (χ1v) is 16.3. The summed E-state index contributed by atoms with van der Waals surface area (Å²) in [6, 6.07) is 18.0. The second-order valence-corrected chi connectivity index (χ2v) is 12.3. The summed E-state index contributed by atoms with van der Waals surface area (Å²) in [6.07, 6.45) is 14.9. The molecule has 0 unspecified atom stereocenters. The fraction of sp³-hybridized carbons (Fsp3) is 0.306. The first-order valence-electron chi connectivity index (χ1n) is 16.3. The number of carbonyl (C=O) groups excluding carboxylic acids is 1. The number of nitrogens with zero attached hydrogens (tertiary/aromatic N) is 9. The summed E-state index contributed by atoms with van der Waals surface area (Å²) in [5.41, 5.74) is 5.84. The van der Waals surface area contributed by atoms with E-state index in [9.17, 15) is 10.1 Å². The highest BCUT2D eigenvalue weighted by Crippen LogP contribution is 2.31. The predicted octanol–water partition coefficient (Wildman–Crippen LogP) is 5.24. The van der Waals surface area contributed by atoms with E-state index in [0.29, 0.717) is 36.2 Å². The van der Waals surface area contributed by atoms with Gasteiger partial charge in [0.2, 0.25) is 5.95 Å². The molecule has 1 saturated carbocycles. The minimum atomic E-state index is -0.171. The van der Waals surface area contributed by atoms with Crippen LogP contribution < -0.4 is 20.4 Å². The van der Waals surface area contributed by atoms with Crippen molar-refractivity contribution in [2.45, 2.75) is 57.3 Å². The summed E-state index contributed by atoms with van der Waals surface area (Å²) in [5.74, 6) is 1.77. The van der Waals surface area contributed by atoms with Crippen molar-refractivity contribution in [2.24, 2.45) is 7.05 Å². The van der Waals surface area contributed by atoms with Crippen molar-refractivity contribution in [2.75, 3.05) is 21.7 Å². The smallest absolute Gasteiger partial charge is 0.323 e. The van der Waals surface area contributed by atoms with Crippen molar-refractivity contribution < 1.29 is 4.79 Å². The second-order valence-electron chi connectivity index (χ2n) is 12.3. The van der Waals surface area contributed by atoms with Gasteiger partial charge < -0.3 is 15.5 Å². The fourth-order valence-electron chi connectivity index (χ4n) is 6.56. The van der Waals surface area contributed by atoms with Gasteiger partial charge in [-0.3, -0.25) is 14.6 Å². The minimum absolute atomic E-state index is 0.0316. The monoisotopic (exact) mass is 639 g/mol. The summed E-state index contributed by atoms with van der Waals surface area (Å²) >= 11 is 0. The molecule has 7 rings (SSSR count). The highest BCUT2D eigenvalue weighted by Gasteiger charge is 2.31. The predicted molar refractivity (Wildman–Crippen MR) is 183 cm³/mol. The lowest BCUT2D eigenvalue weighted by Gasteiger charge is -2.36. The number of aromatic nitrogens is 6. The molecule has 0 atom stereocenters. The van der Waals surface area contributed by atoms with Gasteiger partial charge in [-0.15, -0.1) is 0 Å². The van der Waals surface area contributed by atoms with Crippen LogP contribution in [-0.2, 0) is 26.6 Å². The number of nitriles is 1. The van der Waals surface area contributed by atoms with Gasteiger partial charge in [0.25, 0.3) is 0 Å². The quantitative estimate of drug-likeness (QED) is 0.233. The summed E-state index contributed by atoms with van der Waals surface area (Å²) < 4.78 is 1.76. The first-order chi connectivity index (χ1) is 23.5. The van der Waals surface area contributed by atoms with Crippen LogP contribution in [0.2, 0.25) is 0 Å². The average Bonchev–Trinajstić information content (AvgIpc) is 3.58. The second kappa shape index (κ2) is 13.9. The largest absolute Gasteiger partial charge is 0.351 e. The Morgan fingerprint density at radius 1 is 0.979 bits per heavy atom. The molecule has 1 aliphatic heterocycles. The Hall–Kier alpha value is -5.83. The fourth-order valence-corrected chi connectivity index (χ4v) is 6.56. The lowest BCUT2D eigenvalue weighted by atomic mass is 9.90. The third-order valence-electron chi connectivity index (χ3n) is 9.14. The normalized spacial score (nSPS) is 17.2. The molecule has 12 heteroatoms. The molecule has 0 radical (unpaired) electrons. The van der Waals surface area contributed by atoms with E-state index < -0.39 is 0 Å². The minimum Gasteiger partial charge on any atom is -0.351 e. The van der Waals surface area contributed by atoms with Gasteiger partial charge in [-0.1, -0.05) is 30.3 Å². The molecular weight excluding hydrogens is 602 g/mol. The van der Waals surface area contributed by atoms with Gasteiger partial charge >= 0.3 is 6.03 Å². The van der Waals surface area contributed by atoms with Crippen LogP contribution in [0.5, 0.6) is 0 Å². The van der Waals surface area contributed by atoms with Crippen LogP contribution in [0.3, 0.4) is 0 Å². The van der Waals surface area contributed by atoms with E-state index in [1.165, 1.54) is 11.1 Å². The Balaban J connectivity index is 1.04. The molecule has 2 amide bonds. The Morgan fingerprint density at radius 2 is 1.83 bits per heavy atom. The summed E-state index contributed by atoms with van der Waals surface area (Å²) in [6.45, 7) is 1.86. The molecule has 5 heterocycles. The molecule has 5 aromatic rings. The number of amides is 2. The highest BCUT2D eigenvalue weighted by atomic mass is 16.2. The maximum Gasteiger partial charge on any atom is 0.323 e.